The number of carbonyl (C=O) groups is 2. The summed E-state index contributed by atoms with van der Waals surface area (Å²) in [5, 5.41) is 23.9. The first-order chi connectivity index (χ1) is 29.3. The van der Waals surface area contributed by atoms with Crippen molar-refractivity contribution in [2.75, 3.05) is 13.2 Å². The molecule has 8 rings (SSSR count). The van der Waals surface area contributed by atoms with Crippen LogP contribution in [0.1, 0.15) is 45.7 Å². The van der Waals surface area contributed by atoms with Crippen LogP contribution in [0.2, 0.25) is 0 Å². The Morgan fingerprint density at radius 2 is 0.688 bits per heavy atom. The molecule has 2 amide bonds. The summed E-state index contributed by atoms with van der Waals surface area (Å²) in [6, 6.07) is 73.7. The van der Waals surface area contributed by atoms with Crippen LogP contribution in [-0.4, -0.2) is 36.1 Å². The number of hydrogen-bond acceptors (Lipinski definition) is 6. The molecule has 0 aromatic heterocycles. The van der Waals surface area contributed by atoms with Gasteiger partial charge in [0.05, 0.1) is 25.4 Å². The minimum Gasteiger partial charge on any atom is -0.385 e. The molecule has 0 heterocycles. The second-order valence-corrected chi connectivity index (χ2v) is 13.6. The maximum absolute atomic E-state index is 12.0. The molecule has 8 aromatic carbocycles. The van der Waals surface area contributed by atoms with E-state index in [1.165, 1.54) is 0 Å². The molecule has 12 heteroatoms. The average molecular weight is 1020 g/mol. The third kappa shape index (κ3) is 27.0. The van der Waals surface area contributed by atoms with Gasteiger partial charge in [0.25, 0.3) is 0 Å². The third-order valence-corrected chi connectivity index (χ3v) is 8.13. The summed E-state index contributed by atoms with van der Waals surface area (Å²) in [7, 11) is 0. The second-order valence-electron chi connectivity index (χ2n) is 13.6. The molecule has 0 saturated heterocycles. The maximum Gasteiger partial charge on any atom is 2.00 e. The largest absolute Gasteiger partial charge is 2.00 e. The van der Waals surface area contributed by atoms with Crippen LogP contribution in [0.25, 0.3) is 0 Å². The van der Waals surface area contributed by atoms with Gasteiger partial charge in [-0.3, -0.25) is 9.59 Å². The zero-order valence-electron chi connectivity index (χ0n) is 35.6. The van der Waals surface area contributed by atoms with Crippen molar-refractivity contribution in [3.05, 3.63) is 241 Å². The van der Waals surface area contributed by atoms with Crippen molar-refractivity contribution in [1.29, 1.82) is 10.5 Å². The Balaban J connectivity index is 0. The zero-order valence-corrected chi connectivity index (χ0v) is 40.0. The van der Waals surface area contributed by atoms with Gasteiger partial charge in [-0.2, -0.15) is 132 Å². The maximum atomic E-state index is 12.0. The summed E-state index contributed by atoms with van der Waals surface area (Å²) in [6.45, 7) is 4.44. The molecule has 8 aromatic rings. The summed E-state index contributed by atoms with van der Waals surface area (Å²) in [4.78, 5) is 23.9. The van der Waals surface area contributed by atoms with Crippen LogP contribution < -0.4 is 10.6 Å². The van der Waals surface area contributed by atoms with E-state index >= 15 is 0 Å². The molecule has 0 aliphatic carbocycles. The predicted octanol–water partition coefficient (Wildman–Crippen LogP) is 10.3. The topological polar surface area (TPSA) is 124 Å². The number of hydrogen-bond donors (Lipinski definition) is 2. The fourth-order valence-electron chi connectivity index (χ4n) is 4.94. The Morgan fingerprint density at radius 1 is 0.453 bits per heavy atom. The fourth-order valence-corrected chi connectivity index (χ4v) is 4.94. The summed E-state index contributed by atoms with van der Waals surface area (Å²) < 4.78 is 11.0. The molecule has 0 unspecified atom stereocenters. The van der Waals surface area contributed by atoms with E-state index in [9.17, 15) is 20.1 Å². The van der Waals surface area contributed by atoms with Gasteiger partial charge in [0.15, 0.2) is 11.8 Å². The Bertz CT molecular complexity index is 1920. The van der Waals surface area contributed by atoms with Crippen LogP contribution >= 0.6 is 0 Å². The number of nitrogens with one attached hydrogen (secondary N) is 2. The van der Waals surface area contributed by atoms with Crippen molar-refractivity contribution in [2.24, 2.45) is 0 Å². The third-order valence-electron chi connectivity index (χ3n) is 8.13. The van der Waals surface area contributed by atoms with E-state index in [0.717, 1.165) is 11.1 Å². The quantitative estimate of drug-likeness (QED) is 0.0928. The smallest absolute Gasteiger partial charge is 0.385 e. The number of ether oxygens (including phenoxy) is 2. The summed E-state index contributed by atoms with van der Waals surface area (Å²) in [6.07, 6.45) is 0. The molecular formula is C52H52Fe4N4O4. The van der Waals surface area contributed by atoms with Gasteiger partial charge in [-0.05, 0) is 13.8 Å². The van der Waals surface area contributed by atoms with Gasteiger partial charge in [0.1, 0.15) is 11.1 Å². The van der Waals surface area contributed by atoms with Gasteiger partial charge < -0.3 is 20.1 Å². The minimum atomic E-state index is -1.04. The Hall–Kier alpha value is -5.28. The Kier molecular flexibility index (Phi) is 35.3. The predicted molar refractivity (Wildman–Crippen MR) is 239 cm³/mol. The molecule has 2 atom stereocenters. The molecule has 0 aliphatic heterocycles. The molecule has 0 aliphatic rings. The minimum absolute atomic E-state index is 0. The number of carbonyl (C=O) groups excluding carboxylic acids is 2. The number of amides is 2. The standard InChI is InChI=1S/2C16H16N2O2.4C5H5.4Fe/c2*1-16(11-17,12-20-10-13-6-2-3-7-13)18-15(19)14-8-4-5-9-14;4*1-2-4-5-3-1;;;;/h2*2-9H,10,12H2,1H3,(H,18,19);4*1-5H;;;;/q2*-2;4*-1;4*+2/t2*16-;;;;;;;;/m10......../s1. The Labute approximate surface area is 421 Å². The van der Waals surface area contributed by atoms with E-state index in [4.69, 9.17) is 9.47 Å². The normalized spacial score (nSPS) is 10.9. The summed E-state index contributed by atoms with van der Waals surface area (Å²) >= 11 is 0. The molecule has 336 valence electrons. The van der Waals surface area contributed by atoms with E-state index in [2.05, 4.69) is 22.8 Å². The van der Waals surface area contributed by atoms with Gasteiger partial charge in [-0.15, -0.1) is 11.1 Å². The average Bonchev–Trinajstić information content (AvgIpc) is 4.13. The molecular weight excluding hydrogens is 968 g/mol. The van der Waals surface area contributed by atoms with Crippen LogP contribution in [0.3, 0.4) is 0 Å². The Morgan fingerprint density at radius 3 is 0.891 bits per heavy atom. The van der Waals surface area contributed by atoms with Crippen molar-refractivity contribution < 1.29 is 87.3 Å². The zero-order chi connectivity index (χ0) is 43.0. The van der Waals surface area contributed by atoms with E-state index in [1.54, 1.807) is 62.4 Å². The molecule has 0 spiro atoms. The number of rotatable bonds is 12. The van der Waals surface area contributed by atoms with Gasteiger partial charge in [0.2, 0.25) is 0 Å². The van der Waals surface area contributed by atoms with E-state index in [0.29, 0.717) is 24.3 Å². The molecule has 0 fully saturated rings. The van der Waals surface area contributed by atoms with Crippen LogP contribution in [0.15, 0.2) is 218 Å². The number of nitrogens with zero attached hydrogens (tertiary/aromatic N) is 2. The van der Waals surface area contributed by atoms with Crippen molar-refractivity contribution >= 4 is 11.8 Å². The van der Waals surface area contributed by atoms with Crippen molar-refractivity contribution in [2.45, 2.75) is 38.1 Å². The molecule has 0 radical (unpaired) electrons. The van der Waals surface area contributed by atoms with Gasteiger partial charge >= 0.3 is 68.3 Å². The molecule has 8 nitrogen and oxygen atoms in total. The van der Waals surface area contributed by atoms with Gasteiger partial charge in [-0.1, -0.05) is 11.1 Å². The molecule has 0 bridgehead atoms. The summed E-state index contributed by atoms with van der Waals surface area (Å²) in [5.74, 6) is -0.535. The summed E-state index contributed by atoms with van der Waals surface area (Å²) in [5.41, 5.74) is 1.10. The monoisotopic (exact) mass is 1020 g/mol. The van der Waals surface area contributed by atoms with Crippen LogP contribution in [0.4, 0.5) is 0 Å². The first kappa shape index (κ1) is 60.8. The van der Waals surface area contributed by atoms with Crippen molar-refractivity contribution in [1.82, 2.24) is 10.6 Å². The van der Waals surface area contributed by atoms with E-state index in [1.807, 2.05) is 170 Å². The first-order valence-corrected chi connectivity index (χ1v) is 19.4. The molecule has 2 N–H and O–H groups in total. The van der Waals surface area contributed by atoms with Crippen LogP contribution in [0, 0.1) is 22.7 Å². The number of nitriles is 2. The molecule has 0 saturated carbocycles. The van der Waals surface area contributed by atoms with Crippen LogP contribution in [-0.2, 0) is 91.0 Å². The van der Waals surface area contributed by atoms with Gasteiger partial charge in [0, 0.05) is 13.2 Å². The second kappa shape index (κ2) is 37.1. The van der Waals surface area contributed by atoms with Gasteiger partial charge in [-0.25, -0.2) is 97.1 Å². The van der Waals surface area contributed by atoms with E-state index < -0.39 is 11.1 Å². The molecule has 64 heavy (non-hydrogen) atoms. The van der Waals surface area contributed by atoms with Crippen molar-refractivity contribution in [3.63, 3.8) is 0 Å². The van der Waals surface area contributed by atoms with Crippen molar-refractivity contribution in [3.8, 4) is 12.1 Å². The van der Waals surface area contributed by atoms with Crippen LogP contribution in [0.5, 0.6) is 0 Å². The fraction of sp³-hybridized carbons (Fsp3) is 0.154. The van der Waals surface area contributed by atoms with E-state index in [-0.39, 0.29) is 93.3 Å². The first-order valence-electron chi connectivity index (χ1n) is 19.4. The SMILES string of the molecule is C[C@@](C#N)(COC[c-]1cccc1)NC(=O)[c-]1cccc1.C[C@](C#N)(COC[c-]1cccc1)NC(=O)[c-]1cccc1.[Fe+2].[Fe+2].[Fe+2].[Fe+2].c1cc[cH-]c1.c1cc[cH-]c1.c1cc[cH-]c1.c1cc[cH-]c1.